The van der Waals surface area contributed by atoms with Gasteiger partial charge in [0.05, 0.1) is 12.8 Å². The van der Waals surface area contributed by atoms with E-state index in [1.54, 1.807) is 12.1 Å². The zero-order valence-electron chi connectivity index (χ0n) is 36.6. The molecule has 9 nitrogen and oxygen atoms in total. The minimum absolute atomic E-state index is 0.229. The van der Waals surface area contributed by atoms with Crippen molar-refractivity contribution in [2.75, 3.05) is 19.8 Å². The summed E-state index contributed by atoms with van der Waals surface area (Å²) in [5.41, 5.74) is 6.25. The lowest BCUT2D eigenvalue weighted by molar-refractivity contribution is -0.167. The highest BCUT2D eigenvalue weighted by atomic mass is 16.6. The summed E-state index contributed by atoms with van der Waals surface area (Å²) in [6.07, 6.45) is 16.7. The van der Waals surface area contributed by atoms with Crippen LogP contribution in [-0.4, -0.2) is 54.9 Å². The van der Waals surface area contributed by atoms with Gasteiger partial charge in [-0.15, -0.1) is 0 Å². The van der Waals surface area contributed by atoms with Gasteiger partial charge in [-0.05, 0) is 52.0 Å². The second-order valence-corrected chi connectivity index (χ2v) is 15.7. The van der Waals surface area contributed by atoms with Gasteiger partial charge < -0.3 is 24.1 Å². The minimum Gasteiger partial charge on any atom is -0.482 e. The summed E-state index contributed by atoms with van der Waals surface area (Å²) in [4.78, 5) is 48.7. The van der Waals surface area contributed by atoms with Gasteiger partial charge in [-0.1, -0.05) is 200 Å². The molecule has 4 aromatic carbocycles. The molecule has 0 heterocycles. The number of ether oxygens (including phenoxy) is 4. The van der Waals surface area contributed by atoms with Gasteiger partial charge in [0.2, 0.25) is 0 Å². The molecule has 9 heteroatoms. The molecular formula is C53H66O9. The van der Waals surface area contributed by atoms with Crippen LogP contribution in [0.2, 0.25) is 0 Å². The molecule has 0 bridgehead atoms. The van der Waals surface area contributed by atoms with Crippen molar-refractivity contribution in [1.82, 2.24) is 0 Å². The average Bonchev–Trinajstić information content (AvgIpc) is 3.30. The number of carbonyl (C=O) groups is 4. The van der Waals surface area contributed by atoms with Crippen molar-refractivity contribution in [3.63, 3.8) is 0 Å². The number of esters is 3. The number of aliphatic carboxylic acids is 1. The zero-order valence-corrected chi connectivity index (χ0v) is 36.6. The zero-order chi connectivity index (χ0) is 44.0. The summed E-state index contributed by atoms with van der Waals surface area (Å²) in [6.45, 7) is 1.12. The van der Waals surface area contributed by atoms with Crippen molar-refractivity contribution in [2.45, 2.75) is 129 Å². The van der Waals surface area contributed by atoms with Crippen molar-refractivity contribution < 1.29 is 43.2 Å². The molecule has 1 N–H and O–H groups in total. The van der Waals surface area contributed by atoms with Crippen LogP contribution >= 0.6 is 0 Å². The smallest absolute Gasteiger partial charge is 0.344 e. The van der Waals surface area contributed by atoms with E-state index in [0.717, 1.165) is 52.7 Å². The molecule has 332 valence electrons. The highest BCUT2D eigenvalue weighted by Crippen LogP contribution is 2.37. The Morgan fingerprint density at radius 1 is 0.452 bits per heavy atom. The van der Waals surface area contributed by atoms with Crippen LogP contribution in [0, 0.1) is 0 Å². The summed E-state index contributed by atoms with van der Waals surface area (Å²) in [7, 11) is 0. The topological polar surface area (TPSA) is 125 Å². The number of unbranched alkanes of at least 4 members (excludes halogenated alkanes) is 14. The Labute approximate surface area is 368 Å². The summed E-state index contributed by atoms with van der Waals surface area (Å²) >= 11 is 0. The summed E-state index contributed by atoms with van der Waals surface area (Å²) in [5, 5.41) is 8.98. The number of hydrogen-bond acceptors (Lipinski definition) is 8. The fourth-order valence-corrected chi connectivity index (χ4v) is 7.28. The Bertz CT molecular complexity index is 1870. The van der Waals surface area contributed by atoms with Crippen LogP contribution in [0.5, 0.6) is 5.75 Å². The van der Waals surface area contributed by atoms with Crippen molar-refractivity contribution in [1.29, 1.82) is 0 Å². The summed E-state index contributed by atoms with van der Waals surface area (Å²) in [5.74, 6) is -2.65. The molecule has 4 aromatic rings. The maximum atomic E-state index is 12.8. The monoisotopic (exact) mass is 846 g/mol. The molecule has 0 amide bonds. The first-order valence-electron chi connectivity index (χ1n) is 22.7. The number of carboxylic acids is 1. The quantitative estimate of drug-likeness (QED) is 0.0228. The van der Waals surface area contributed by atoms with Crippen molar-refractivity contribution >= 4 is 35.0 Å². The molecule has 0 aromatic heterocycles. The molecule has 4 rings (SSSR count). The van der Waals surface area contributed by atoms with E-state index in [9.17, 15) is 19.2 Å². The molecule has 0 fully saturated rings. The Morgan fingerprint density at radius 2 is 0.855 bits per heavy atom. The molecule has 0 radical (unpaired) electrons. The molecule has 0 aliphatic rings. The third-order valence-electron chi connectivity index (χ3n) is 10.6. The van der Waals surface area contributed by atoms with Crippen LogP contribution in [0.25, 0.3) is 11.1 Å². The first-order valence-corrected chi connectivity index (χ1v) is 22.7. The first kappa shape index (κ1) is 49.0. The Hall–Kier alpha value is -5.70. The van der Waals surface area contributed by atoms with E-state index < -0.39 is 43.0 Å². The highest BCUT2D eigenvalue weighted by Gasteiger charge is 2.21. The third kappa shape index (κ3) is 19.3. The highest BCUT2D eigenvalue weighted by molar-refractivity contribution is 6.04. The molecule has 1 unspecified atom stereocenters. The SMILES string of the molecule is CCCCCCCCCCCCCCCCCC(=O)OCC(COC(=O)COc1ccc(C(=C(c2ccccc2)c2ccccc2)c2ccccc2)cc1)OC(=O)CCC(=O)O. The molecular weight excluding hydrogens is 781 g/mol. The van der Waals surface area contributed by atoms with Crippen molar-refractivity contribution in [3.8, 4) is 5.75 Å². The van der Waals surface area contributed by atoms with Crippen molar-refractivity contribution in [3.05, 3.63) is 138 Å². The third-order valence-corrected chi connectivity index (χ3v) is 10.6. The second-order valence-electron chi connectivity index (χ2n) is 15.7. The van der Waals surface area contributed by atoms with E-state index in [-0.39, 0.29) is 26.1 Å². The maximum Gasteiger partial charge on any atom is 0.344 e. The number of hydrogen-bond donors (Lipinski definition) is 1. The van der Waals surface area contributed by atoms with E-state index in [2.05, 4.69) is 43.3 Å². The number of carboxylic acid groups (broad SMARTS) is 1. The van der Waals surface area contributed by atoms with Crippen LogP contribution in [0.15, 0.2) is 115 Å². The van der Waals surface area contributed by atoms with E-state index in [4.69, 9.17) is 24.1 Å². The predicted octanol–water partition coefficient (Wildman–Crippen LogP) is 12.2. The van der Waals surface area contributed by atoms with Crippen molar-refractivity contribution in [2.24, 2.45) is 0 Å². The fraction of sp³-hybridized carbons (Fsp3) is 0.434. The standard InChI is InChI=1S/C53H66O9/c1-2-3-4-5-6-7-8-9-10-11-12-13-14-15-25-32-49(56)60-39-47(62-50(57)38-37-48(54)55)40-61-51(58)41-59-46-35-33-45(34-36-46)53(44-30-23-18-24-31-44)52(42-26-19-16-20-27-42)43-28-21-17-22-29-43/h16-24,26-31,33-36,47H,2-15,25,32,37-41H2,1H3,(H,54,55). The lowest BCUT2D eigenvalue weighted by Gasteiger charge is -2.19. The van der Waals surface area contributed by atoms with Crippen LogP contribution in [0.1, 0.15) is 145 Å². The Morgan fingerprint density at radius 3 is 1.29 bits per heavy atom. The fourth-order valence-electron chi connectivity index (χ4n) is 7.28. The summed E-state index contributed by atoms with van der Waals surface area (Å²) < 4.78 is 21.9. The van der Waals surface area contributed by atoms with Gasteiger partial charge in [0.1, 0.15) is 19.0 Å². The van der Waals surface area contributed by atoms with Gasteiger partial charge in [-0.2, -0.15) is 0 Å². The minimum atomic E-state index is -1.15. The molecule has 62 heavy (non-hydrogen) atoms. The molecule has 0 aliphatic carbocycles. The van der Waals surface area contributed by atoms with E-state index >= 15 is 0 Å². The Kier molecular flexibility index (Phi) is 23.3. The van der Waals surface area contributed by atoms with Gasteiger partial charge >= 0.3 is 23.9 Å². The number of rotatable bonds is 31. The number of carbonyl (C=O) groups excluding carboxylic acids is 3. The lowest BCUT2D eigenvalue weighted by atomic mass is 9.86. The van der Waals surface area contributed by atoms with Crippen LogP contribution in [0.4, 0.5) is 0 Å². The van der Waals surface area contributed by atoms with E-state index in [1.165, 1.54) is 70.6 Å². The van der Waals surface area contributed by atoms with Gasteiger partial charge in [0.15, 0.2) is 12.7 Å². The van der Waals surface area contributed by atoms with E-state index in [0.29, 0.717) is 12.2 Å². The normalized spacial score (nSPS) is 11.3. The Balaban J connectivity index is 1.24. The molecule has 1 atom stereocenters. The molecule has 0 aliphatic heterocycles. The second kappa shape index (κ2) is 29.5. The largest absolute Gasteiger partial charge is 0.482 e. The van der Waals surface area contributed by atoms with Gasteiger partial charge in [-0.3, -0.25) is 14.4 Å². The molecule has 0 spiro atoms. The van der Waals surface area contributed by atoms with Crippen LogP contribution in [0.3, 0.4) is 0 Å². The van der Waals surface area contributed by atoms with Gasteiger partial charge in [0, 0.05) is 6.42 Å². The van der Waals surface area contributed by atoms with Crippen LogP contribution < -0.4 is 4.74 Å². The molecule has 0 saturated heterocycles. The average molecular weight is 847 g/mol. The summed E-state index contributed by atoms with van der Waals surface area (Å²) in [6, 6.07) is 38.2. The van der Waals surface area contributed by atoms with Gasteiger partial charge in [0.25, 0.3) is 0 Å². The van der Waals surface area contributed by atoms with Gasteiger partial charge in [-0.25, -0.2) is 4.79 Å². The molecule has 0 saturated carbocycles. The predicted molar refractivity (Wildman–Crippen MR) is 244 cm³/mol. The van der Waals surface area contributed by atoms with E-state index in [1.807, 2.05) is 66.7 Å². The lowest BCUT2D eigenvalue weighted by Crippen LogP contribution is -2.32. The van der Waals surface area contributed by atoms with Crippen LogP contribution in [-0.2, 0) is 33.4 Å². The first-order chi connectivity index (χ1) is 30.3. The number of benzene rings is 4. The maximum absolute atomic E-state index is 12.8.